The number of primary amides is 1. The average molecular weight is 310 g/mol. The van der Waals surface area contributed by atoms with Crippen LogP contribution in [0.3, 0.4) is 0 Å². The summed E-state index contributed by atoms with van der Waals surface area (Å²) in [6.45, 7) is 10.8. The van der Waals surface area contributed by atoms with Gasteiger partial charge in [-0.3, -0.25) is 9.69 Å². The number of likely N-dealkylation sites (N-methyl/N-ethyl adjacent to an activating group) is 1. The smallest absolute Gasteiger partial charge is 0.249 e. The Balaban J connectivity index is 1.79. The largest absolute Gasteiger partial charge is 0.366 e. The zero-order valence-corrected chi connectivity index (χ0v) is 14.0. The van der Waals surface area contributed by atoms with E-state index in [-0.39, 0.29) is 11.4 Å². The second-order valence-corrected chi connectivity index (χ2v) is 7.37. The zero-order valence-electron chi connectivity index (χ0n) is 13.2. The standard InChI is InChI=1S/C15H26N4OS/c1-15(2,19-6-4-18(3)5-7-19)11-17-9-13-8-12(10-21-13)14(16)20/h8,10,17H,4-7,9,11H2,1-3H3,(H2,16,20). The lowest BCUT2D eigenvalue weighted by molar-refractivity contribution is 0.0618. The highest BCUT2D eigenvalue weighted by Crippen LogP contribution is 2.17. The Morgan fingerprint density at radius 2 is 2.05 bits per heavy atom. The van der Waals surface area contributed by atoms with Gasteiger partial charge in [-0.05, 0) is 27.0 Å². The maximum Gasteiger partial charge on any atom is 0.249 e. The van der Waals surface area contributed by atoms with Crippen LogP contribution in [0.15, 0.2) is 11.4 Å². The maximum atomic E-state index is 11.1. The number of hydrogen-bond acceptors (Lipinski definition) is 5. The Morgan fingerprint density at radius 3 is 2.62 bits per heavy atom. The van der Waals surface area contributed by atoms with Crippen molar-refractivity contribution >= 4 is 17.2 Å². The fraction of sp³-hybridized carbons (Fsp3) is 0.667. The van der Waals surface area contributed by atoms with Crippen molar-refractivity contribution in [3.8, 4) is 0 Å². The van der Waals surface area contributed by atoms with Crippen LogP contribution >= 0.6 is 11.3 Å². The molecule has 0 aliphatic carbocycles. The number of carbonyl (C=O) groups excluding carboxylic acids is 1. The van der Waals surface area contributed by atoms with E-state index in [2.05, 4.69) is 36.0 Å². The van der Waals surface area contributed by atoms with Gasteiger partial charge < -0.3 is 16.0 Å². The van der Waals surface area contributed by atoms with Gasteiger partial charge in [-0.2, -0.15) is 0 Å². The molecular formula is C15H26N4OS. The molecule has 0 aromatic carbocycles. The van der Waals surface area contributed by atoms with E-state index in [1.807, 2.05) is 11.4 Å². The van der Waals surface area contributed by atoms with Crippen molar-refractivity contribution in [1.82, 2.24) is 15.1 Å². The van der Waals surface area contributed by atoms with E-state index in [0.717, 1.165) is 44.1 Å². The van der Waals surface area contributed by atoms with E-state index in [1.54, 1.807) is 11.3 Å². The molecule has 1 amide bonds. The van der Waals surface area contributed by atoms with E-state index in [4.69, 9.17) is 5.73 Å². The molecule has 2 rings (SSSR count). The molecule has 1 aromatic rings. The van der Waals surface area contributed by atoms with Crippen molar-refractivity contribution in [2.45, 2.75) is 25.9 Å². The van der Waals surface area contributed by atoms with E-state index < -0.39 is 0 Å². The molecule has 0 saturated carbocycles. The van der Waals surface area contributed by atoms with Crippen LogP contribution in [-0.4, -0.2) is 61.0 Å². The predicted molar refractivity (Wildman–Crippen MR) is 87.7 cm³/mol. The van der Waals surface area contributed by atoms with Gasteiger partial charge in [-0.15, -0.1) is 11.3 Å². The number of thiophene rings is 1. The summed E-state index contributed by atoms with van der Waals surface area (Å²) in [5.74, 6) is -0.352. The normalized spacial score (nSPS) is 18.0. The van der Waals surface area contributed by atoms with Crippen LogP contribution in [0.25, 0.3) is 0 Å². The minimum absolute atomic E-state index is 0.144. The summed E-state index contributed by atoms with van der Waals surface area (Å²) >= 11 is 1.58. The molecule has 1 aliphatic rings. The first-order valence-corrected chi connectivity index (χ1v) is 8.28. The molecule has 0 spiro atoms. The molecule has 0 bridgehead atoms. The van der Waals surface area contributed by atoms with Crippen molar-refractivity contribution in [2.24, 2.45) is 5.73 Å². The lowest BCUT2D eigenvalue weighted by atomic mass is 10.0. The van der Waals surface area contributed by atoms with Crippen molar-refractivity contribution < 1.29 is 4.79 Å². The molecule has 6 heteroatoms. The van der Waals surface area contributed by atoms with Crippen LogP contribution in [0.1, 0.15) is 29.1 Å². The molecule has 0 unspecified atom stereocenters. The minimum atomic E-state index is -0.352. The molecular weight excluding hydrogens is 284 g/mol. The summed E-state index contributed by atoms with van der Waals surface area (Å²) in [6.07, 6.45) is 0. The summed E-state index contributed by atoms with van der Waals surface area (Å²) in [5, 5.41) is 5.33. The van der Waals surface area contributed by atoms with Crippen LogP contribution in [0.2, 0.25) is 0 Å². The third kappa shape index (κ3) is 4.51. The van der Waals surface area contributed by atoms with Gasteiger partial charge in [0.25, 0.3) is 0 Å². The zero-order chi connectivity index (χ0) is 15.5. The van der Waals surface area contributed by atoms with Gasteiger partial charge in [0.2, 0.25) is 5.91 Å². The molecule has 3 N–H and O–H groups in total. The highest BCUT2D eigenvalue weighted by Gasteiger charge is 2.28. The van der Waals surface area contributed by atoms with Crippen molar-refractivity contribution in [3.05, 3.63) is 21.9 Å². The fourth-order valence-electron chi connectivity index (χ4n) is 2.62. The first-order chi connectivity index (χ1) is 9.88. The highest BCUT2D eigenvalue weighted by atomic mass is 32.1. The van der Waals surface area contributed by atoms with Crippen LogP contribution in [0.5, 0.6) is 0 Å². The highest BCUT2D eigenvalue weighted by molar-refractivity contribution is 7.10. The summed E-state index contributed by atoms with van der Waals surface area (Å²) in [5.41, 5.74) is 6.02. The third-order valence-corrected chi connectivity index (χ3v) is 5.09. The van der Waals surface area contributed by atoms with Gasteiger partial charge >= 0.3 is 0 Å². The van der Waals surface area contributed by atoms with Crippen LogP contribution in [0, 0.1) is 0 Å². The van der Waals surface area contributed by atoms with Gasteiger partial charge in [-0.25, -0.2) is 0 Å². The third-order valence-electron chi connectivity index (χ3n) is 4.15. The van der Waals surface area contributed by atoms with Crippen LogP contribution in [-0.2, 0) is 6.54 Å². The molecule has 21 heavy (non-hydrogen) atoms. The number of carbonyl (C=O) groups is 1. The fourth-order valence-corrected chi connectivity index (χ4v) is 3.46. The summed E-state index contributed by atoms with van der Waals surface area (Å²) in [7, 11) is 2.18. The number of nitrogens with zero attached hydrogens (tertiary/aromatic N) is 2. The Hall–Kier alpha value is -0.950. The van der Waals surface area contributed by atoms with Crippen molar-refractivity contribution in [3.63, 3.8) is 0 Å². The first-order valence-electron chi connectivity index (χ1n) is 7.40. The predicted octanol–water partition coefficient (Wildman–Crippen LogP) is 0.963. The molecule has 1 fully saturated rings. The van der Waals surface area contributed by atoms with E-state index >= 15 is 0 Å². The molecule has 2 heterocycles. The number of amides is 1. The molecule has 1 aliphatic heterocycles. The lowest BCUT2D eigenvalue weighted by Crippen LogP contribution is -2.57. The second kappa shape index (κ2) is 6.87. The van der Waals surface area contributed by atoms with Gasteiger partial charge in [0.15, 0.2) is 0 Å². The number of nitrogens with two attached hydrogens (primary N) is 1. The molecule has 118 valence electrons. The number of nitrogens with one attached hydrogen (secondary N) is 1. The lowest BCUT2D eigenvalue weighted by Gasteiger charge is -2.43. The van der Waals surface area contributed by atoms with Gasteiger partial charge in [0.1, 0.15) is 0 Å². The van der Waals surface area contributed by atoms with Gasteiger partial charge in [0.05, 0.1) is 5.56 Å². The van der Waals surface area contributed by atoms with Crippen LogP contribution in [0.4, 0.5) is 0 Å². The Labute approximate surface area is 131 Å². The summed E-state index contributed by atoms with van der Waals surface area (Å²) in [4.78, 5) is 17.1. The molecule has 5 nitrogen and oxygen atoms in total. The van der Waals surface area contributed by atoms with E-state index in [1.165, 1.54) is 0 Å². The van der Waals surface area contributed by atoms with Gasteiger partial charge in [0, 0.05) is 55.1 Å². The maximum absolute atomic E-state index is 11.1. The van der Waals surface area contributed by atoms with Gasteiger partial charge in [-0.1, -0.05) is 0 Å². The monoisotopic (exact) mass is 310 g/mol. The topological polar surface area (TPSA) is 61.6 Å². The van der Waals surface area contributed by atoms with E-state index in [0.29, 0.717) is 5.56 Å². The van der Waals surface area contributed by atoms with Crippen molar-refractivity contribution in [2.75, 3.05) is 39.8 Å². The number of rotatable bonds is 6. The molecule has 1 saturated heterocycles. The Morgan fingerprint density at radius 1 is 1.38 bits per heavy atom. The number of piperazine rings is 1. The first kappa shape index (κ1) is 16.4. The Bertz CT molecular complexity index is 478. The second-order valence-electron chi connectivity index (χ2n) is 6.37. The molecule has 0 radical (unpaired) electrons. The molecule has 0 atom stereocenters. The Kier molecular flexibility index (Phi) is 5.37. The minimum Gasteiger partial charge on any atom is -0.366 e. The summed E-state index contributed by atoms with van der Waals surface area (Å²) in [6, 6.07) is 1.88. The SMILES string of the molecule is CN1CCN(C(C)(C)CNCc2cc(C(N)=O)cs2)CC1. The van der Waals surface area contributed by atoms with E-state index in [9.17, 15) is 4.79 Å². The number of hydrogen-bond donors (Lipinski definition) is 2. The van der Waals surface area contributed by atoms with Crippen LogP contribution < -0.4 is 11.1 Å². The molecule has 1 aromatic heterocycles. The average Bonchev–Trinajstić information content (AvgIpc) is 2.88. The summed E-state index contributed by atoms with van der Waals surface area (Å²) < 4.78 is 0. The van der Waals surface area contributed by atoms with Crippen molar-refractivity contribution in [1.29, 1.82) is 0 Å². The quantitative estimate of drug-likeness (QED) is 0.822.